The van der Waals surface area contributed by atoms with Crippen LogP contribution in [-0.4, -0.2) is 16.9 Å². The molecule has 3 heteroatoms. The molecule has 0 spiro atoms. The molecule has 0 radical (unpaired) electrons. The Morgan fingerprint density at radius 3 is 2.53 bits per heavy atom. The van der Waals surface area contributed by atoms with Crippen LogP contribution in [0.25, 0.3) is 0 Å². The Kier molecular flexibility index (Phi) is 2.54. The molecule has 0 unspecified atom stereocenters. The third-order valence-corrected chi connectivity index (χ3v) is 2.66. The van der Waals surface area contributed by atoms with Crippen LogP contribution < -0.4 is 0 Å². The Morgan fingerprint density at radius 1 is 1.27 bits per heavy atom. The first-order chi connectivity index (χ1) is 7.18. The van der Waals surface area contributed by atoms with Crippen LogP contribution in [0.1, 0.15) is 29.9 Å². The predicted octanol–water partition coefficient (Wildman–Crippen LogP) is 1.76. The van der Waals surface area contributed by atoms with Crippen molar-refractivity contribution in [2.75, 3.05) is 0 Å². The maximum atomic E-state index is 11.1. The molecule has 1 saturated carbocycles. The average Bonchev–Trinajstić information content (AvgIpc) is 3.02. The van der Waals surface area contributed by atoms with Gasteiger partial charge in [0.05, 0.1) is 0 Å². The van der Waals surface area contributed by atoms with Gasteiger partial charge in [-0.1, -0.05) is 24.3 Å². The van der Waals surface area contributed by atoms with Gasteiger partial charge in [-0.25, -0.2) is 4.79 Å². The van der Waals surface area contributed by atoms with E-state index in [4.69, 9.17) is 5.11 Å². The van der Waals surface area contributed by atoms with E-state index in [1.807, 2.05) is 24.3 Å². The van der Waals surface area contributed by atoms with Crippen LogP contribution in [0.4, 0.5) is 0 Å². The van der Waals surface area contributed by atoms with Crippen molar-refractivity contribution in [1.82, 2.24) is 0 Å². The summed E-state index contributed by atoms with van der Waals surface area (Å²) < 4.78 is 0. The molecule has 2 rings (SSSR count). The summed E-state index contributed by atoms with van der Waals surface area (Å²) in [6.07, 6.45) is 2.32. The zero-order chi connectivity index (χ0) is 10.8. The van der Waals surface area contributed by atoms with Gasteiger partial charge in [-0.05, 0) is 29.9 Å². The second-order valence-corrected chi connectivity index (χ2v) is 3.88. The maximum absolute atomic E-state index is 11.1. The Labute approximate surface area is 87.7 Å². The standard InChI is InChI=1S/C12H12O3/c13-11(12(14)15)7-9-3-1-2-4-10(9)8-5-6-8/h1-4,8H,5-7H2,(H,14,15). The summed E-state index contributed by atoms with van der Waals surface area (Å²) in [5.74, 6) is -1.54. The molecule has 1 aromatic rings. The van der Waals surface area contributed by atoms with Crippen LogP contribution in [0.5, 0.6) is 0 Å². The fourth-order valence-corrected chi connectivity index (χ4v) is 1.74. The van der Waals surface area contributed by atoms with Gasteiger partial charge in [-0.15, -0.1) is 0 Å². The number of carboxylic acids is 1. The van der Waals surface area contributed by atoms with E-state index in [0.29, 0.717) is 5.92 Å². The molecule has 1 aromatic carbocycles. The lowest BCUT2D eigenvalue weighted by atomic mass is 9.99. The molecule has 1 fully saturated rings. The molecule has 1 aliphatic carbocycles. The minimum Gasteiger partial charge on any atom is -0.475 e. The van der Waals surface area contributed by atoms with Gasteiger partial charge in [-0.3, -0.25) is 4.79 Å². The number of ketones is 1. The molecular weight excluding hydrogens is 192 g/mol. The molecular formula is C12H12O3. The van der Waals surface area contributed by atoms with Gasteiger partial charge in [0, 0.05) is 6.42 Å². The topological polar surface area (TPSA) is 54.4 Å². The van der Waals surface area contributed by atoms with E-state index in [1.54, 1.807) is 0 Å². The molecule has 15 heavy (non-hydrogen) atoms. The second kappa shape index (κ2) is 3.85. The van der Waals surface area contributed by atoms with Crippen LogP contribution >= 0.6 is 0 Å². The summed E-state index contributed by atoms with van der Waals surface area (Å²) in [7, 11) is 0. The zero-order valence-electron chi connectivity index (χ0n) is 8.27. The minimum absolute atomic E-state index is 0.0159. The van der Waals surface area contributed by atoms with Crippen molar-refractivity contribution in [2.45, 2.75) is 25.2 Å². The van der Waals surface area contributed by atoms with E-state index in [9.17, 15) is 9.59 Å². The van der Waals surface area contributed by atoms with Gasteiger partial charge >= 0.3 is 5.97 Å². The number of benzene rings is 1. The van der Waals surface area contributed by atoms with Crippen LogP contribution in [0.15, 0.2) is 24.3 Å². The summed E-state index contributed by atoms with van der Waals surface area (Å²) in [5.41, 5.74) is 2.01. The molecule has 0 heterocycles. The number of carbonyl (C=O) groups is 2. The molecule has 0 bridgehead atoms. The lowest BCUT2D eigenvalue weighted by Gasteiger charge is -2.05. The molecule has 0 amide bonds. The van der Waals surface area contributed by atoms with Gasteiger partial charge in [0.1, 0.15) is 0 Å². The molecule has 1 N–H and O–H groups in total. The van der Waals surface area contributed by atoms with E-state index in [0.717, 1.165) is 24.0 Å². The van der Waals surface area contributed by atoms with Gasteiger partial charge in [0.15, 0.2) is 0 Å². The highest BCUT2D eigenvalue weighted by Crippen LogP contribution is 2.41. The number of carbonyl (C=O) groups excluding carboxylic acids is 1. The SMILES string of the molecule is O=C(O)C(=O)Cc1ccccc1C1CC1. The van der Waals surface area contributed by atoms with Crippen molar-refractivity contribution in [3.8, 4) is 0 Å². The summed E-state index contributed by atoms with van der Waals surface area (Å²) in [6, 6.07) is 7.61. The largest absolute Gasteiger partial charge is 0.475 e. The number of rotatable bonds is 4. The molecule has 0 saturated heterocycles. The number of carboxylic acid groups (broad SMARTS) is 1. The average molecular weight is 204 g/mol. The first-order valence-corrected chi connectivity index (χ1v) is 5.02. The molecule has 0 atom stereocenters. The molecule has 3 nitrogen and oxygen atoms in total. The molecule has 1 aliphatic rings. The maximum Gasteiger partial charge on any atom is 0.372 e. The van der Waals surface area contributed by atoms with Crippen molar-refractivity contribution >= 4 is 11.8 Å². The highest BCUT2D eigenvalue weighted by Gasteiger charge is 2.26. The molecule has 78 valence electrons. The summed E-state index contributed by atoms with van der Waals surface area (Å²) in [6.45, 7) is 0. The van der Waals surface area contributed by atoms with Crippen molar-refractivity contribution in [1.29, 1.82) is 0 Å². The third-order valence-electron chi connectivity index (χ3n) is 2.66. The number of Topliss-reactive ketones (excluding diaryl/α,β-unsaturated/α-hetero) is 1. The number of aliphatic carboxylic acids is 1. The van der Waals surface area contributed by atoms with Crippen molar-refractivity contribution in [3.05, 3.63) is 35.4 Å². The smallest absolute Gasteiger partial charge is 0.372 e. The Hall–Kier alpha value is -1.64. The monoisotopic (exact) mass is 204 g/mol. The fraction of sp³-hybridized carbons (Fsp3) is 0.333. The van der Waals surface area contributed by atoms with E-state index < -0.39 is 11.8 Å². The second-order valence-electron chi connectivity index (χ2n) is 3.88. The summed E-state index contributed by atoms with van der Waals surface area (Å²) in [5, 5.41) is 8.54. The minimum atomic E-state index is -1.35. The Morgan fingerprint density at radius 2 is 1.93 bits per heavy atom. The van der Waals surface area contributed by atoms with Crippen molar-refractivity contribution in [2.24, 2.45) is 0 Å². The van der Waals surface area contributed by atoms with E-state index in [-0.39, 0.29) is 6.42 Å². The Bertz CT molecular complexity index is 405. The first kappa shape index (κ1) is 9.90. The highest BCUT2D eigenvalue weighted by molar-refractivity contribution is 6.33. The van der Waals surface area contributed by atoms with Crippen molar-refractivity contribution < 1.29 is 14.7 Å². The van der Waals surface area contributed by atoms with Gasteiger partial charge < -0.3 is 5.11 Å². The molecule has 0 aromatic heterocycles. The first-order valence-electron chi connectivity index (χ1n) is 5.02. The summed E-state index contributed by atoms with van der Waals surface area (Å²) >= 11 is 0. The van der Waals surface area contributed by atoms with E-state index >= 15 is 0 Å². The zero-order valence-corrected chi connectivity index (χ0v) is 8.27. The van der Waals surface area contributed by atoms with Crippen LogP contribution in [-0.2, 0) is 16.0 Å². The van der Waals surface area contributed by atoms with Crippen LogP contribution in [0, 0.1) is 0 Å². The highest BCUT2D eigenvalue weighted by atomic mass is 16.4. The van der Waals surface area contributed by atoms with Gasteiger partial charge in [0.25, 0.3) is 0 Å². The normalized spacial score (nSPS) is 14.9. The van der Waals surface area contributed by atoms with Crippen LogP contribution in [0.3, 0.4) is 0 Å². The lowest BCUT2D eigenvalue weighted by molar-refractivity contribution is -0.148. The number of hydrogen-bond donors (Lipinski definition) is 1. The predicted molar refractivity (Wildman–Crippen MR) is 54.8 cm³/mol. The van der Waals surface area contributed by atoms with Gasteiger partial charge in [-0.2, -0.15) is 0 Å². The van der Waals surface area contributed by atoms with Crippen molar-refractivity contribution in [3.63, 3.8) is 0 Å². The lowest BCUT2D eigenvalue weighted by Crippen LogP contribution is -2.15. The third kappa shape index (κ3) is 2.24. The fourth-order valence-electron chi connectivity index (χ4n) is 1.74. The van der Waals surface area contributed by atoms with E-state index in [2.05, 4.69) is 0 Å². The Balaban J connectivity index is 2.20. The van der Waals surface area contributed by atoms with Gasteiger partial charge in [0.2, 0.25) is 5.78 Å². The van der Waals surface area contributed by atoms with E-state index in [1.165, 1.54) is 0 Å². The summed E-state index contributed by atoms with van der Waals surface area (Å²) in [4.78, 5) is 21.6. The van der Waals surface area contributed by atoms with Crippen LogP contribution in [0.2, 0.25) is 0 Å². The quantitative estimate of drug-likeness (QED) is 0.760. The molecule has 0 aliphatic heterocycles. The number of hydrogen-bond acceptors (Lipinski definition) is 2.